The van der Waals surface area contributed by atoms with Crippen molar-refractivity contribution in [3.63, 3.8) is 0 Å². The summed E-state index contributed by atoms with van der Waals surface area (Å²) in [6.07, 6.45) is 6.86. The van der Waals surface area contributed by atoms with Crippen LogP contribution >= 0.6 is 0 Å². The first kappa shape index (κ1) is 11.8. The summed E-state index contributed by atoms with van der Waals surface area (Å²) in [6, 6.07) is 0. The molecule has 0 bridgehead atoms. The van der Waals surface area contributed by atoms with Crippen molar-refractivity contribution in [2.45, 2.75) is 13.3 Å². The lowest BCUT2D eigenvalue weighted by molar-refractivity contribution is 0.305. The molecular weight excluding hydrogens is 162 g/mol. The van der Waals surface area contributed by atoms with E-state index in [-0.39, 0.29) is 0 Å². The fraction of sp³-hybridized carbons (Fsp3) is 0.455. The maximum absolute atomic E-state index is 5.14. The SMILES string of the molecule is C=C(/C=C\C(=C/CC)OC)N(C)C. The van der Waals surface area contributed by atoms with E-state index in [1.165, 1.54) is 0 Å². The van der Waals surface area contributed by atoms with Crippen molar-refractivity contribution in [2.75, 3.05) is 21.2 Å². The van der Waals surface area contributed by atoms with Crippen LogP contribution in [0, 0.1) is 0 Å². The lowest BCUT2D eigenvalue weighted by atomic mass is 10.3. The van der Waals surface area contributed by atoms with E-state index in [0.29, 0.717) is 0 Å². The minimum atomic E-state index is 0.880. The third-order valence-corrected chi connectivity index (χ3v) is 1.66. The van der Waals surface area contributed by atoms with Crippen LogP contribution in [0.1, 0.15) is 13.3 Å². The van der Waals surface area contributed by atoms with Crippen molar-refractivity contribution in [2.24, 2.45) is 0 Å². The number of rotatable bonds is 5. The van der Waals surface area contributed by atoms with Crippen molar-refractivity contribution < 1.29 is 4.74 Å². The van der Waals surface area contributed by atoms with Crippen LogP contribution in [-0.4, -0.2) is 26.1 Å². The van der Waals surface area contributed by atoms with Gasteiger partial charge >= 0.3 is 0 Å². The molecule has 0 rings (SSSR count). The van der Waals surface area contributed by atoms with Crippen LogP contribution in [-0.2, 0) is 4.74 Å². The maximum atomic E-state index is 5.14. The molecule has 0 N–H and O–H groups in total. The van der Waals surface area contributed by atoms with E-state index in [0.717, 1.165) is 17.9 Å². The number of allylic oxidation sites excluding steroid dienone is 3. The van der Waals surface area contributed by atoms with Gasteiger partial charge in [-0.15, -0.1) is 0 Å². The number of likely N-dealkylation sites (N-methyl/N-ethyl adjacent to an activating group) is 1. The standard InChI is InChI=1S/C11H19NO/c1-6-7-11(13-5)9-8-10(2)12(3)4/h7-9H,2,6H2,1,3-5H3/b9-8-,11-7+. The summed E-state index contributed by atoms with van der Waals surface area (Å²) in [5.41, 5.74) is 0.957. The first-order chi connectivity index (χ1) is 6.11. The van der Waals surface area contributed by atoms with Gasteiger partial charge in [0.15, 0.2) is 0 Å². The lowest BCUT2D eigenvalue weighted by Gasteiger charge is -2.11. The van der Waals surface area contributed by atoms with Crippen molar-refractivity contribution in [3.05, 3.63) is 36.3 Å². The van der Waals surface area contributed by atoms with Crippen molar-refractivity contribution >= 4 is 0 Å². The number of ether oxygens (including phenoxy) is 1. The summed E-state index contributed by atoms with van der Waals surface area (Å²) < 4.78 is 5.14. The van der Waals surface area contributed by atoms with E-state index in [9.17, 15) is 0 Å². The van der Waals surface area contributed by atoms with Gasteiger partial charge in [0.25, 0.3) is 0 Å². The number of nitrogens with zero attached hydrogens (tertiary/aromatic N) is 1. The number of methoxy groups -OCH3 is 1. The van der Waals surface area contributed by atoms with Gasteiger partial charge in [-0.3, -0.25) is 0 Å². The molecule has 0 aliphatic carbocycles. The van der Waals surface area contributed by atoms with Gasteiger partial charge in [-0.2, -0.15) is 0 Å². The summed E-state index contributed by atoms with van der Waals surface area (Å²) in [5.74, 6) is 0.880. The molecule has 0 aromatic carbocycles. The molecule has 0 fully saturated rings. The second-order valence-electron chi connectivity index (χ2n) is 2.94. The summed E-state index contributed by atoms with van der Waals surface area (Å²) in [4.78, 5) is 1.95. The van der Waals surface area contributed by atoms with E-state index in [4.69, 9.17) is 4.74 Å². The van der Waals surface area contributed by atoms with Crippen LogP contribution in [0.2, 0.25) is 0 Å². The van der Waals surface area contributed by atoms with Gasteiger partial charge in [0.05, 0.1) is 7.11 Å². The Kier molecular flexibility index (Phi) is 5.77. The van der Waals surface area contributed by atoms with E-state index in [2.05, 4.69) is 13.5 Å². The van der Waals surface area contributed by atoms with Crippen LogP contribution in [0.5, 0.6) is 0 Å². The van der Waals surface area contributed by atoms with Crippen LogP contribution < -0.4 is 0 Å². The molecule has 74 valence electrons. The highest BCUT2D eigenvalue weighted by molar-refractivity contribution is 5.21. The van der Waals surface area contributed by atoms with Crippen molar-refractivity contribution in [1.82, 2.24) is 4.90 Å². The molecule has 0 spiro atoms. The Labute approximate surface area is 81.2 Å². The highest BCUT2D eigenvalue weighted by atomic mass is 16.5. The average Bonchev–Trinajstić information content (AvgIpc) is 2.11. The first-order valence-corrected chi connectivity index (χ1v) is 4.40. The molecule has 0 aliphatic heterocycles. The van der Waals surface area contributed by atoms with Crippen molar-refractivity contribution in [1.29, 1.82) is 0 Å². The summed E-state index contributed by atoms with van der Waals surface area (Å²) >= 11 is 0. The molecule has 0 heterocycles. The zero-order chi connectivity index (χ0) is 10.3. The van der Waals surface area contributed by atoms with Gasteiger partial charge in [0.1, 0.15) is 5.76 Å². The Bertz CT molecular complexity index is 214. The number of hydrogen-bond acceptors (Lipinski definition) is 2. The van der Waals surface area contributed by atoms with E-state index < -0.39 is 0 Å². The lowest BCUT2D eigenvalue weighted by Crippen LogP contribution is -2.07. The van der Waals surface area contributed by atoms with Gasteiger partial charge in [0.2, 0.25) is 0 Å². The fourth-order valence-electron chi connectivity index (χ4n) is 0.748. The molecule has 0 radical (unpaired) electrons. The van der Waals surface area contributed by atoms with Gasteiger partial charge in [0, 0.05) is 19.8 Å². The van der Waals surface area contributed by atoms with Gasteiger partial charge in [-0.1, -0.05) is 13.5 Å². The van der Waals surface area contributed by atoms with Gasteiger partial charge < -0.3 is 9.64 Å². The molecule has 13 heavy (non-hydrogen) atoms. The minimum Gasteiger partial charge on any atom is -0.497 e. The van der Waals surface area contributed by atoms with Crippen LogP contribution in [0.3, 0.4) is 0 Å². The first-order valence-electron chi connectivity index (χ1n) is 4.40. The Morgan fingerprint density at radius 2 is 2.00 bits per heavy atom. The molecule has 2 heteroatoms. The minimum absolute atomic E-state index is 0.880. The molecule has 0 saturated carbocycles. The largest absolute Gasteiger partial charge is 0.497 e. The molecule has 0 unspecified atom stereocenters. The van der Waals surface area contributed by atoms with E-state index in [1.54, 1.807) is 7.11 Å². The molecule has 0 aromatic rings. The molecule has 2 nitrogen and oxygen atoms in total. The van der Waals surface area contributed by atoms with E-state index >= 15 is 0 Å². The smallest absolute Gasteiger partial charge is 0.114 e. The Hall–Kier alpha value is -1.18. The average molecular weight is 181 g/mol. The van der Waals surface area contributed by atoms with Crippen LogP contribution in [0.15, 0.2) is 36.3 Å². The Balaban J connectivity index is 4.23. The van der Waals surface area contributed by atoms with Gasteiger partial charge in [-0.05, 0) is 24.6 Å². The second-order valence-corrected chi connectivity index (χ2v) is 2.94. The zero-order valence-corrected chi connectivity index (χ0v) is 9.00. The third kappa shape index (κ3) is 5.12. The van der Waals surface area contributed by atoms with E-state index in [1.807, 2.05) is 37.2 Å². The predicted molar refractivity (Wildman–Crippen MR) is 57.4 cm³/mol. The Morgan fingerprint density at radius 1 is 1.38 bits per heavy atom. The quantitative estimate of drug-likeness (QED) is 0.477. The highest BCUT2D eigenvalue weighted by Crippen LogP contribution is 2.03. The zero-order valence-electron chi connectivity index (χ0n) is 9.00. The molecular formula is C11H19NO. The molecule has 0 aliphatic rings. The third-order valence-electron chi connectivity index (χ3n) is 1.66. The predicted octanol–water partition coefficient (Wildman–Crippen LogP) is 2.56. The summed E-state index contributed by atoms with van der Waals surface area (Å²) in [6.45, 7) is 5.95. The van der Waals surface area contributed by atoms with Crippen LogP contribution in [0.25, 0.3) is 0 Å². The Morgan fingerprint density at radius 3 is 2.38 bits per heavy atom. The highest BCUT2D eigenvalue weighted by Gasteiger charge is 1.91. The monoisotopic (exact) mass is 181 g/mol. The second kappa shape index (κ2) is 6.35. The summed E-state index contributed by atoms with van der Waals surface area (Å²) in [5, 5.41) is 0. The van der Waals surface area contributed by atoms with Gasteiger partial charge in [-0.25, -0.2) is 0 Å². The van der Waals surface area contributed by atoms with Crippen molar-refractivity contribution in [3.8, 4) is 0 Å². The number of hydrogen-bond donors (Lipinski definition) is 0. The molecule has 0 saturated heterocycles. The summed E-state index contributed by atoms with van der Waals surface area (Å²) in [7, 11) is 5.59. The van der Waals surface area contributed by atoms with Crippen LogP contribution in [0.4, 0.5) is 0 Å². The topological polar surface area (TPSA) is 12.5 Å². The normalized spacial score (nSPS) is 11.8. The maximum Gasteiger partial charge on any atom is 0.114 e. The molecule has 0 amide bonds. The molecule has 0 atom stereocenters. The fourth-order valence-corrected chi connectivity index (χ4v) is 0.748. The molecule has 0 aromatic heterocycles.